The van der Waals surface area contributed by atoms with Crippen molar-refractivity contribution in [2.45, 2.75) is 55.0 Å². The maximum absolute atomic E-state index is 13.0. The third kappa shape index (κ3) is 7.00. The number of benzene rings is 1. The van der Waals surface area contributed by atoms with Crippen LogP contribution in [0.2, 0.25) is 0 Å². The third-order valence-corrected chi connectivity index (χ3v) is 8.47. The standard InChI is InChI=1S/C26H31N5O4S2/c1-5-21(32)29-18-10-8-17(9-11-18)24(33)31-12-6-7-19(15-31)30-25-28-14-23(36-25)37(34)16-22-27-13-20(35-22)26(2,3)4/h5,8-11,13-14,19H,1,6-7,12,15-16H2,2-4H3,(H,28,30)(H,29,32). The van der Waals surface area contributed by atoms with Gasteiger partial charge in [0.2, 0.25) is 16.0 Å². The Balaban J connectivity index is 1.32. The van der Waals surface area contributed by atoms with Gasteiger partial charge in [-0.2, -0.15) is 0 Å². The van der Waals surface area contributed by atoms with Crippen molar-refractivity contribution in [3.05, 3.63) is 66.5 Å². The average Bonchev–Trinajstić information content (AvgIpc) is 3.54. The molecule has 2 unspecified atom stereocenters. The summed E-state index contributed by atoms with van der Waals surface area (Å²) in [5, 5.41) is 6.75. The number of amides is 2. The molecular weight excluding hydrogens is 510 g/mol. The molecule has 0 spiro atoms. The van der Waals surface area contributed by atoms with Gasteiger partial charge in [-0.15, -0.1) is 0 Å². The molecule has 3 heterocycles. The average molecular weight is 542 g/mol. The molecular formula is C26H31N5O4S2. The van der Waals surface area contributed by atoms with Crippen LogP contribution in [0.5, 0.6) is 0 Å². The van der Waals surface area contributed by atoms with Crippen LogP contribution in [0, 0.1) is 0 Å². The van der Waals surface area contributed by atoms with Crippen LogP contribution in [0.4, 0.5) is 10.8 Å². The van der Waals surface area contributed by atoms with Crippen LogP contribution in [0.3, 0.4) is 0 Å². The number of likely N-dealkylation sites (tertiary alicyclic amines) is 1. The number of oxazole rings is 1. The fourth-order valence-corrected chi connectivity index (χ4v) is 5.95. The van der Waals surface area contributed by atoms with Crippen LogP contribution >= 0.6 is 11.3 Å². The van der Waals surface area contributed by atoms with Crippen LogP contribution in [-0.2, 0) is 27.1 Å². The third-order valence-electron chi connectivity index (χ3n) is 5.88. The molecule has 2 N–H and O–H groups in total. The van der Waals surface area contributed by atoms with Crippen LogP contribution in [0.15, 0.2) is 57.9 Å². The van der Waals surface area contributed by atoms with Crippen molar-refractivity contribution >= 4 is 45.1 Å². The molecule has 37 heavy (non-hydrogen) atoms. The molecule has 2 aromatic heterocycles. The van der Waals surface area contributed by atoms with Crippen LogP contribution in [0.25, 0.3) is 0 Å². The second kappa shape index (κ2) is 11.5. The lowest BCUT2D eigenvalue weighted by Gasteiger charge is -2.33. The second-order valence-corrected chi connectivity index (χ2v) is 12.6. The molecule has 11 heteroatoms. The fraction of sp³-hybridized carbons (Fsp3) is 0.385. The van der Waals surface area contributed by atoms with Gasteiger partial charge in [0.25, 0.3) is 5.91 Å². The maximum Gasteiger partial charge on any atom is 0.253 e. The summed E-state index contributed by atoms with van der Waals surface area (Å²) in [5.41, 5.74) is 1.01. The van der Waals surface area contributed by atoms with Gasteiger partial charge in [0.05, 0.1) is 12.4 Å². The van der Waals surface area contributed by atoms with E-state index in [9.17, 15) is 14.1 Å². The molecule has 0 aliphatic carbocycles. The summed E-state index contributed by atoms with van der Waals surface area (Å²) in [7, 11) is 0. The number of nitrogens with one attached hydrogen (secondary N) is 2. The lowest BCUT2D eigenvalue weighted by molar-refractivity contribution is -0.111. The highest BCUT2D eigenvalue weighted by molar-refractivity contribution is 7.92. The zero-order valence-electron chi connectivity index (χ0n) is 21.2. The highest BCUT2D eigenvalue weighted by atomic mass is 32.2. The summed E-state index contributed by atoms with van der Waals surface area (Å²) in [6, 6.07) is 6.86. The molecule has 2 atom stereocenters. The molecule has 1 aliphatic rings. The zero-order valence-corrected chi connectivity index (χ0v) is 22.8. The van der Waals surface area contributed by atoms with E-state index >= 15 is 0 Å². The van der Waals surface area contributed by atoms with E-state index in [-0.39, 0.29) is 29.0 Å². The van der Waals surface area contributed by atoms with Crippen LogP contribution < -0.4 is 10.6 Å². The van der Waals surface area contributed by atoms with Gasteiger partial charge in [0.1, 0.15) is 5.76 Å². The zero-order chi connectivity index (χ0) is 26.6. The van der Waals surface area contributed by atoms with Crippen molar-refractivity contribution in [3.63, 3.8) is 0 Å². The van der Waals surface area contributed by atoms with E-state index in [0.717, 1.165) is 18.6 Å². The van der Waals surface area contributed by atoms with E-state index in [0.29, 0.717) is 39.6 Å². The van der Waals surface area contributed by atoms with Crippen molar-refractivity contribution < 1.29 is 18.6 Å². The summed E-state index contributed by atoms with van der Waals surface area (Å²) in [6.45, 7) is 10.8. The number of nitrogens with zero attached hydrogens (tertiary/aromatic N) is 3. The van der Waals surface area contributed by atoms with E-state index in [1.54, 1.807) is 36.7 Å². The SMILES string of the molecule is C=CC(=O)Nc1ccc(C(=O)N2CCCC(Nc3ncc([S+]([O-])Cc4ncc(C(C)(C)C)o4)s3)C2)cc1. The van der Waals surface area contributed by atoms with E-state index in [4.69, 9.17) is 4.42 Å². The Morgan fingerprint density at radius 3 is 2.70 bits per heavy atom. The first-order chi connectivity index (χ1) is 17.6. The largest absolute Gasteiger partial charge is 0.610 e. The van der Waals surface area contributed by atoms with Crippen molar-refractivity contribution in [2.24, 2.45) is 0 Å². The topological polar surface area (TPSA) is 123 Å². The van der Waals surface area contributed by atoms with Crippen LogP contribution in [0.1, 0.15) is 55.6 Å². The summed E-state index contributed by atoms with van der Waals surface area (Å²) in [6.07, 6.45) is 6.27. The normalized spacial score (nSPS) is 16.8. The first kappa shape index (κ1) is 26.9. The first-order valence-corrected chi connectivity index (χ1v) is 14.1. The highest BCUT2D eigenvalue weighted by Crippen LogP contribution is 2.29. The minimum atomic E-state index is -1.32. The molecule has 1 aromatic carbocycles. The van der Waals surface area contributed by atoms with Gasteiger partial charge in [-0.3, -0.25) is 9.59 Å². The van der Waals surface area contributed by atoms with Gasteiger partial charge in [-0.05, 0) is 54.5 Å². The van der Waals surface area contributed by atoms with E-state index < -0.39 is 11.2 Å². The quantitative estimate of drug-likeness (QED) is 0.316. The minimum absolute atomic E-state index is 0.0392. The van der Waals surface area contributed by atoms with Gasteiger partial charge in [0, 0.05) is 47.0 Å². The van der Waals surface area contributed by atoms with Gasteiger partial charge >= 0.3 is 0 Å². The molecule has 0 bridgehead atoms. The van der Waals surface area contributed by atoms with E-state index in [2.05, 4.69) is 27.2 Å². The number of piperidine rings is 1. The molecule has 1 aliphatic heterocycles. The molecule has 0 radical (unpaired) electrons. The molecule has 4 rings (SSSR count). The van der Waals surface area contributed by atoms with Gasteiger partial charge in [0.15, 0.2) is 10.9 Å². The number of hydrogen-bond donors (Lipinski definition) is 2. The fourth-order valence-electron chi connectivity index (χ4n) is 3.86. The molecule has 3 aromatic rings. The number of aromatic nitrogens is 2. The summed E-state index contributed by atoms with van der Waals surface area (Å²) < 4.78 is 19.3. The smallest absolute Gasteiger partial charge is 0.253 e. The number of carbonyl (C=O) groups excluding carboxylic acids is 2. The summed E-state index contributed by atoms with van der Waals surface area (Å²) in [4.78, 5) is 35.0. The van der Waals surface area contributed by atoms with E-state index in [1.165, 1.54) is 17.4 Å². The number of anilines is 2. The number of hydrogen-bond acceptors (Lipinski definition) is 8. The van der Waals surface area contributed by atoms with Crippen molar-refractivity contribution in [1.82, 2.24) is 14.9 Å². The summed E-state index contributed by atoms with van der Waals surface area (Å²) in [5.74, 6) is 1.04. The highest BCUT2D eigenvalue weighted by Gasteiger charge is 2.27. The lowest BCUT2D eigenvalue weighted by atomic mass is 9.94. The van der Waals surface area contributed by atoms with Gasteiger partial charge in [-0.25, -0.2) is 9.97 Å². The van der Waals surface area contributed by atoms with E-state index in [1.807, 2.05) is 25.7 Å². The monoisotopic (exact) mass is 541 g/mol. The molecule has 196 valence electrons. The molecule has 2 amide bonds. The van der Waals surface area contributed by atoms with Crippen LogP contribution in [-0.4, -0.2) is 50.4 Å². The number of thiazole rings is 1. The first-order valence-electron chi connectivity index (χ1n) is 12.0. The predicted octanol–water partition coefficient (Wildman–Crippen LogP) is 4.58. The lowest BCUT2D eigenvalue weighted by Crippen LogP contribution is -2.45. The molecule has 1 fully saturated rings. The second-order valence-electron chi connectivity index (χ2n) is 9.85. The van der Waals surface area contributed by atoms with Crippen molar-refractivity contribution in [3.8, 4) is 0 Å². The van der Waals surface area contributed by atoms with Crippen molar-refractivity contribution in [2.75, 3.05) is 23.7 Å². The Bertz CT molecular complexity index is 1250. The Morgan fingerprint density at radius 2 is 2.03 bits per heavy atom. The number of carbonyl (C=O) groups is 2. The summed E-state index contributed by atoms with van der Waals surface area (Å²) >= 11 is 0.0279. The predicted molar refractivity (Wildman–Crippen MR) is 145 cm³/mol. The molecule has 1 saturated heterocycles. The minimum Gasteiger partial charge on any atom is -0.610 e. The Kier molecular flexibility index (Phi) is 8.35. The van der Waals surface area contributed by atoms with Crippen molar-refractivity contribution in [1.29, 1.82) is 0 Å². The van der Waals surface area contributed by atoms with Gasteiger partial charge in [-0.1, -0.05) is 27.4 Å². The Labute approximate surface area is 223 Å². The Hall–Kier alpha value is -3.15. The molecule has 0 saturated carbocycles. The number of rotatable bonds is 8. The maximum atomic E-state index is 13.0. The molecule has 9 nitrogen and oxygen atoms in total. The Morgan fingerprint density at radius 1 is 1.27 bits per heavy atom. The van der Waals surface area contributed by atoms with Gasteiger partial charge < -0.3 is 24.5 Å².